The number of hydrogen-bond acceptors (Lipinski definition) is 4. The third-order valence-corrected chi connectivity index (χ3v) is 3.11. The minimum Gasteiger partial charge on any atom is -0.726 e. The minimum atomic E-state index is -4.41. The van der Waals surface area contributed by atoms with Crippen molar-refractivity contribution in [3.8, 4) is 0 Å². The molecule has 0 atom stereocenters. The highest BCUT2D eigenvalue weighted by molar-refractivity contribution is 7.80. The van der Waals surface area contributed by atoms with E-state index in [4.69, 9.17) is 0 Å². The molecule has 2 aromatic rings. The molecule has 118 valence electrons. The Labute approximate surface area is 119 Å². The number of imidazole rings is 1. The summed E-state index contributed by atoms with van der Waals surface area (Å²) < 4.78 is 71.5. The van der Waals surface area contributed by atoms with E-state index in [1.54, 1.807) is 24.3 Å². The average molecular weight is 326 g/mol. The van der Waals surface area contributed by atoms with Gasteiger partial charge in [-0.05, 0) is 12.1 Å². The average Bonchev–Trinajstić information content (AvgIpc) is 2.62. The van der Waals surface area contributed by atoms with Gasteiger partial charge in [0.25, 0.3) is 0 Å². The number of para-hydroxylation sites is 2. The number of aryl methyl sites for hydroxylation is 2. The summed E-state index contributed by atoms with van der Waals surface area (Å²) in [6.07, 6.45) is -4.33. The number of aromatic nitrogens is 2. The fourth-order valence-corrected chi connectivity index (χ4v) is 1.86. The Hall–Kier alpha value is -1.65. The first kappa shape index (κ1) is 17.4. The van der Waals surface area contributed by atoms with Crippen molar-refractivity contribution in [3.05, 3.63) is 30.1 Å². The van der Waals surface area contributed by atoms with Gasteiger partial charge >= 0.3 is 12.0 Å². The molecule has 0 aliphatic carbocycles. The zero-order chi connectivity index (χ0) is 16.4. The van der Waals surface area contributed by atoms with Crippen LogP contribution in [0.4, 0.5) is 13.2 Å². The van der Waals surface area contributed by atoms with Crippen molar-refractivity contribution in [1.82, 2.24) is 4.57 Å². The van der Waals surface area contributed by atoms with Gasteiger partial charge in [0.2, 0.25) is 10.4 Å². The molecule has 0 N–H and O–H groups in total. The molecule has 0 saturated carbocycles. The lowest BCUT2D eigenvalue weighted by Gasteiger charge is -2.01. The van der Waals surface area contributed by atoms with Crippen LogP contribution in [-0.4, -0.2) is 24.6 Å². The van der Waals surface area contributed by atoms with Crippen LogP contribution in [0, 0.1) is 0 Å². The van der Waals surface area contributed by atoms with E-state index in [1.165, 1.54) is 14.1 Å². The van der Waals surface area contributed by atoms with Gasteiger partial charge < -0.3 is 4.55 Å². The van der Waals surface area contributed by atoms with Gasteiger partial charge in [-0.3, -0.25) is 4.18 Å². The van der Waals surface area contributed by atoms with Gasteiger partial charge in [-0.15, -0.1) is 0 Å². The van der Waals surface area contributed by atoms with E-state index in [-0.39, 0.29) is 0 Å². The molecule has 2 rings (SSSR count). The molecule has 10 heteroatoms. The highest BCUT2D eigenvalue weighted by Crippen LogP contribution is 2.28. The molecule has 0 saturated heterocycles. The molecular formula is C11H13F3N2O4S. The first-order valence-electron chi connectivity index (χ1n) is 5.51. The summed E-state index contributed by atoms with van der Waals surface area (Å²) in [6, 6.07) is 6.79. The maximum absolute atomic E-state index is 12.7. The van der Waals surface area contributed by atoms with Crippen molar-refractivity contribution in [1.29, 1.82) is 0 Å². The Morgan fingerprint density at radius 3 is 2.14 bits per heavy atom. The number of rotatable bonds is 1. The molecule has 0 aliphatic heterocycles. The molecule has 0 fully saturated rings. The van der Waals surface area contributed by atoms with E-state index in [1.807, 2.05) is 0 Å². The normalized spacial score (nSPS) is 12.1. The van der Waals surface area contributed by atoms with E-state index >= 15 is 0 Å². The molecule has 0 aliphatic rings. The van der Waals surface area contributed by atoms with E-state index in [0.29, 0.717) is 11.0 Å². The predicted molar refractivity (Wildman–Crippen MR) is 65.8 cm³/mol. The standard InChI is InChI=1S/C10H10F3N2.CH4O4S/c1-14-7-5-3-4-6-8(7)15(2)9(14)10(11,12)13;1-5-6(2,3)4/h3-6H,1-2H3;1H3,(H,2,3,4)/q+1;/p-1. The lowest BCUT2D eigenvalue weighted by molar-refractivity contribution is -0.667. The van der Waals surface area contributed by atoms with Crippen molar-refractivity contribution < 1.29 is 34.9 Å². The van der Waals surface area contributed by atoms with Gasteiger partial charge in [-0.1, -0.05) is 12.1 Å². The third kappa shape index (κ3) is 4.16. The van der Waals surface area contributed by atoms with Crippen LogP contribution in [0.3, 0.4) is 0 Å². The molecule has 0 radical (unpaired) electrons. The maximum Gasteiger partial charge on any atom is 0.495 e. The Balaban J connectivity index is 0.000000315. The number of benzene rings is 1. The Morgan fingerprint density at radius 2 is 1.76 bits per heavy atom. The lowest BCUT2D eigenvalue weighted by Crippen LogP contribution is -2.37. The number of fused-ring (bicyclic) bond motifs is 1. The van der Waals surface area contributed by atoms with Crippen LogP contribution in [0.15, 0.2) is 24.3 Å². The lowest BCUT2D eigenvalue weighted by atomic mass is 10.3. The second-order valence-corrected chi connectivity index (χ2v) is 5.15. The minimum absolute atomic E-state index is 0.576. The highest BCUT2D eigenvalue weighted by atomic mass is 32.3. The smallest absolute Gasteiger partial charge is 0.495 e. The molecule has 0 bridgehead atoms. The number of halogens is 3. The fourth-order valence-electron chi connectivity index (χ4n) is 1.86. The van der Waals surface area contributed by atoms with Crippen molar-refractivity contribution in [2.45, 2.75) is 6.18 Å². The van der Waals surface area contributed by atoms with Gasteiger partial charge in [0, 0.05) is 0 Å². The second-order valence-electron chi connectivity index (χ2n) is 4.00. The third-order valence-electron chi connectivity index (χ3n) is 2.70. The van der Waals surface area contributed by atoms with E-state index < -0.39 is 22.4 Å². The topological polar surface area (TPSA) is 75.2 Å². The summed E-state index contributed by atoms with van der Waals surface area (Å²) in [7, 11) is -0.761. The molecule has 1 heterocycles. The first-order chi connectivity index (χ1) is 9.49. The van der Waals surface area contributed by atoms with Gasteiger partial charge in [-0.25, -0.2) is 17.6 Å². The number of alkyl halides is 3. The zero-order valence-corrected chi connectivity index (χ0v) is 12.2. The van der Waals surface area contributed by atoms with Gasteiger partial charge in [0.15, 0.2) is 11.0 Å². The van der Waals surface area contributed by atoms with E-state index in [9.17, 15) is 26.1 Å². The predicted octanol–water partition coefficient (Wildman–Crippen LogP) is 1.11. The van der Waals surface area contributed by atoms with E-state index in [0.717, 1.165) is 16.2 Å². The summed E-state index contributed by atoms with van der Waals surface area (Å²) in [5, 5.41) is 0. The number of hydrogen-bond donors (Lipinski definition) is 0. The summed E-state index contributed by atoms with van der Waals surface area (Å²) in [4.78, 5) is 0. The van der Waals surface area contributed by atoms with Gasteiger partial charge in [0.05, 0.1) is 21.2 Å². The molecule has 0 amide bonds. The molecule has 1 aromatic carbocycles. The van der Waals surface area contributed by atoms with Crippen LogP contribution in [0.25, 0.3) is 11.0 Å². The molecule has 21 heavy (non-hydrogen) atoms. The van der Waals surface area contributed by atoms with Crippen molar-refractivity contribution in [2.75, 3.05) is 7.11 Å². The van der Waals surface area contributed by atoms with Crippen molar-refractivity contribution >= 4 is 21.4 Å². The SMILES string of the molecule is COS(=O)(=O)[O-].Cn1c(C(F)(F)F)[n+](C)c2ccccc21. The van der Waals surface area contributed by atoms with Crippen LogP contribution < -0.4 is 4.57 Å². The van der Waals surface area contributed by atoms with Gasteiger partial charge in [0.1, 0.15) is 0 Å². The van der Waals surface area contributed by atoms with Crippen LogP contribution in [-0.2, 0) is 34.9 Å². The monoisotopic (exact) mass is 326 g/mol. The molecule has 0 spiro atoms. The van der Waals surface area contributed by atoms with Crippen LogP contribution in [0.1, 0.15) is 5.82 Å². The zero-order valence-electron chi connectivity index (χ0n) is 11.4. The summed E-state index contributed by atoms with van der Waals surface area (Å²) in [6.45, 7) is 0. The molecule has 1 aromatic heterocycles. The number of nitrogens with zero attached hydrogens (tertiary/aromatic N) is 2. The van der Waals surface area contributed by atoms with Crippen molar-refractivity contribution in [2.24, 2.45) is 14.1 Å². The Morgan fingerprint density at radius 1 is 1.29 bits per heavy atom. The summed E-state index contributed by atoms with van der Waals surface area (Å²) >= 11 is 0. The second kappa shape index (κ2) is 6.00. The van der Waals surface area contributed by atoms with Gasteiger partial charge in [-0.2, -0.15) is 13.2 Å². The Bertz CT molecular complexity index is 699. The van der Waals surface area contributed by atoms with Crippen LogP contribution >= 0.6 is 0 Å². The molecule has 6 nitrogen and oxygen atoms in total. The maximum atomic E-state index is 12.7. The Kier molecular flexibility index (Phi) is 4.97. The molecular weight excluding hydrogens is 313 g/mol. The highest BCUT2D eigenvalue weighted by Gasteiger charge is 2.45. The van der Waals surface area contributed by atoms with Crippen LogP contribution in [0.2, 0.25) is 0 Å². The largest absolute Gasteiger partial charge is 0.726 e. The van der Waals surface area contributed by atoms with Crippen LogP contribution in [0.5, 0.6) is 0 Å². The fraction of sp³-hybridized carbons (Fsp3) is 0.364. The quantitative estimate of drug-likeness (QED) is 0.447. The summed E-state index contributed by atoms with van der Waals surface area (Å²) in [5.74, 6) is -0.649. The molecule has 0 unspecified atom stereocenters. The van der Waals surface area contributed by atoms with E-state index in [2.05, 4.69) is 4.18 Å². The first-order valence-corrected chi connectivity index (χ1v) is 6.84. The summed E-state index contributed by atoms with van der Waals surface area (Å²) in [5.41, 5.74) is 1.15. The van der Waals surface area contributed by atoms with Crippen molar-refractivity contribution in [3.63, 3.8) is 0 Å².